The minimum Gasteiger partial charge on any atom is -0.465 e. The molecular formula is C21H28O4. The summed E-state index contributed by atoms with van der Waals surface area (Å²) in [7, 11) is 0. The molecule has 1 fully saturated rings. The smallest absolute Gasteiger partial charge is 0.302 e. The van der Waals surface area contributed by atoms with Crippen molar-refractivity contribution in [1.82, 2.24) is 0 Å². The van der Waals surface area contributed by atoms with Crippen LogP contribution in [0, 0.1) is 5.92 Å². The molecule has 0 aromatic heterocycles. The number of carbonyl (C=O) groups is 1. The van der Waals surface area contributed by atoms with Crippen molar-refractivity contribution in [1.29, 1.82) is 0 Å². The number of aryl methyl sites for hydroxylation is 1. The quantitative estimate of drug-likeness (QED) is 0.577. The Kier molecular flexibility index (Phi) is 5.92. The van der Waals surface area contributed by atoms with Crippen LogP contribution < -0.4 is 0 Å². The molecule has 25 heavy (non-hydrogen) atoms. The summed E-state index contributed by atoms with van der Waals surface area (Å²) in [6.45, 7) is 4.55. The van der Waals surface area contributed by atoms with Crippen molar-refractivity contribution in [3.8, 4) is 0 Å². The van der Waals surface area contributed by atoms with Crippen LogP contribution >= 0.6 is 0 Å². The average Bonchev–Trinajstić information content (AvgIpc) is 3.03. The first-order chi connectivity index (χ1) is 12.1. The van der Waals surface area contributed by atoms with Gasteiger partial charge in [-0.2, -0.15) is 0 Å². The lowest BCUT2D eigenvalue weighted by molar-refractivity contribution is -0.260. The van der Waals surface area contributed by atoms with Crippen LogP contribution in [0.5, 0.6) is 0 Å². The first-order valence-electron chi connectivity index (χ1n) is 9.29. The molecule has 2 aliphatic heterocycles. The molecule has 0 unspecified atom stereocenters. The van der Waals surface area contributed by atoms with Gasteiger partial charge in [-0.05, 0) is 38.2 Å². The summed E-state index contributed by atoms with van der Waals surface area (Å²) in [6.07, 6.45) is 7.14. The predicted octanol–water partition coefficient (Wildman–Crippen LogP) is 4.04. The first kappa shape index (κ1) is 18.2. The Hall–Kier alpha value is -1.65. The van der Waals surface area contributed by atoms with E-state index in [0.717, 1.165) is 32.1 Å². The van der Waals surface area contributed by atoms with Crippen molar-refractivity contribution in [2.24, 2.45) is 5.92 Å². The number of hydrogen-bond donors (Lipinski definition) is 0. The normalized spacial score (nSPS) is 28.8. The Balaban J connectivity index is 1.70. The zero-order chi connectivity index (χ0) is 17.7. The van der Waals surface area contributed by atoms with E-state index >= 15 is 0 Å². The van der Waals surface area contributed by atoms with Crippen molar-refractivity contribution in [3.63, 3.8) is 0 Å². The highest BCUT2D eigenvalue weighted by Gasteiger charge is 2.49. The number of ether oxygens (including phenoxy) is 3. The van der Waals surface area contributed by atoms with Gasteiger partial charge in [-0.15, -0.1) is 0 Å². The van der Waals surface area contributed by atoms with Gasteiger partial charge in [-0.1, -0.05) is 42.0 Å². The van der Waals surface area contributed by atoms with Crippen LogP contribution in [0.25, 0.3) is 0 Å². The van der Waals surface area contributed by atoms with Gasteiger partial charge < -0.3 is 14.2 Å². The highest BCUT2D eigenvalue weighted by molar-refractivity contribution is 5.65. The topological polar surface area (TPSA) is 44.8 Å². The number of hydrogen-bond acceptors (Lipinski definition) is 4. The minimum atomic E-state index is -0.619. The van der Waals surface area contributed by atoms with E-state index in [-0.39, 0.29) is 18.0 Å². The van der Waals surface area contributed by atoms with Gasteiger partial charge in [-0.3, -0.25) is 4.79 Å². The van der Waals surface area contributed by atoms with Gasteiger partial charge in [0.05, 0.1) is 18.6 Å². The van der Waals surface area contributed by atoms with E-state index in [4.69, 9.17) is 14.2 Å². The summed E-state index contributed by atoms with van der Waals surface area (Å²) in [4.78, 5) is 11.3. The Bertz CT molecular complexity index is 602. The van der Waals surface area contributed by atoms with Gasteiger partial charge in [0.2, 0.25) is 0 Å². The number of carbonyl (C=O) groups excluding carboxylic acids is 1. The van der Waals surface area contributed by atoms with E-state index in [1.165, 1.54) is 18.1 Å². The average molecular weight is 344 g/mol. The van der Waals surface area contributed by atoms with Gasteiger partial charge in [0.1, 0.15) is 6.61 Å². The van der Waals surface area contributed by atoms with Crippen molar-refractivity contribution in [2.75, 3.05) is 13.2 Å². The molecule has 1 spiro atoms. The Labute approximate surface area is 150 Å². The van der Waals surface area contributed by atoms with E-state index in [9.17, 15) is 4.79 Å². The fourth-order valence-corrected chi connectivity index (χ4v) is 3.97. The Morgan fingerprint density at radius 2 is 2.08 bits per heavy atom. The highest BCUT2D eigenvalue weighted by Crippen LogP contribution is 2.44. The second-order valence-corrected chi connectivity index (χ2v) is 7.02. The number of rotatable bonds is 6. The van der Waals surface area contributed by atoms with E-state index in [0.29, 0.717) is 13.2 Å². The van der Waals surface area contributed by atoms with Crippen LogP contribution in [0.3, 0.4) is 0 Å². The van der Waals surface area contributed by atoms with Gasteiger partial charge in [-0.25, -0.2) is 0 Å². The Morgan fingerprint density at radius 1 is 1.28 bits per heavy atom. The molecule has 2 heterocycles. The minimum absolute atomic E-state index is 0.00845. The van der Waals surface area contributed by atoms with Crippen LogP contribution in [-0.4, -0.2) is 31.1 Å². The molecule has 1 aromatic rings. The van der Waals surface area contributed by atoms with Gasteiger partial charge in [0.15, 0.2) is 5.79 Å². The monoisotopic (exact) mass is 344 g/mol. The van der Waals surface area contributed by atoms with E-state index in [1.807, 2.05) is 6.07 Å². The Morgan fingerprint density at radius 3 is 2.76 bits per heavy atom. The molecule has 0 aliphatic carbocycles. The van der Waals surface area contributed by atoms with E-state index in [2.05, 4.69) is 37.3 Å². The molecule has 136 valence electrons. The molecule has 0 radical (unpaired) electrons. The SMILES string of the molecule is CC(=O)OC[C@@H]1C(CCCc2ccccc2)=C[C@H](C)O[C@@]12CCCO2. The molecule has 4 heteroatoms. The van der Waals surface area contributed by atoms with Crippen molar-refractivity contribution in [3.05, 3.63) is 47.5 Å². The molecule has 3 atom stereocenters. The summed E-state index contributed by atoms with van der Waals surface area (Å²) < 4.78 is 17.6. The fraction of sp³-hybridized carbons (Fsp3) is 0.571. The number of esters is 1. The third kappa shape index (κ3) is 4.50. The lowest BCUT2D eigenvalue weighted by Crippen LogP contribution is -2.48. The molecular weight excluding hydrogens is 316 g/mol. The molecule has 4 nitrogen and oxygen atoms in total. The lowest BCUT2D eigenvalue weighted by atomic mass is 9.83. The van der Waals surface area contributed by atoms with Crippen LogP contribution in [0.2, 0.25) is 0 Å². The second-order valence-electron chi connectivity index (χ2n) is 7.02. The second kappa shape index (κ2) is 8.15. The zero-order valence-electron chi connectivity index (χ0n) is 15.2. The highest BCUT2D eigenvalue weighted by atomic mass is 16.7. The maximum atomic E-state index is 11.3. The molecule has 1 saturated heterocycles. The summed E-state index contributed by atoms with van der Waals surface area (Å²) >= 11 is 0. The van der Waals surface area contributed by atoms with Crippen molar-refractivity contribution >= 4 is 5.97 Å². The fourth-order valence-electron chi connectivity index (χ4n) is 3.97. The van der Waals surface area contributed by atoms with E-state index < -0.39 is 5.79 Å². The maximum Gasteiger partial charge on any atom is 0.302 e. The molecule has 1 aromatic carbocycles. The van der Waals surface area contributed by atoms with Gasteiger partial charge in [0, 0.05) is 13.3 Å². The van der Waals surface area contributed by atoms with Crippen LogP contribution in [0.4, 0.5) is 0 Å². The molecule has 0 bridgehead atoms. The predicted molar refractivity (Wildman–Crippen MR) is 96.1 cm³/mol. The van der Waals surface area contributed by atoms with E-state index in [1.54, 1.807) is 0 Å². The molecule has 3 rings (SSSR count). The zero-order valence-corrected chi connectivity index (χ0v) is 15.2. The summed E-state index contributed by atoms with van der Waals surface area (Å²) in [6, 6.07) is 10.5. The summed E-state index contributed by atoms with van der Waals surface area (Å²) in [5, 5.41) is 0. The third-order valence-electron chi connectivity index (χ3n) is 5.06. The molecule has 0 N–H and O–H groups in total. The largest absolute Gasteiger partial charge is 0.465 e. The molecule has 0 amide bonds. The van der Waals surface area contributed by atoms with Crippen molar-refractivity contribution in [2.45, 2.75) is 57.8 Å². The third-order valence-corrected chi connectivity index (χ3v) is 5.06. The lowest BCUT2D eigenvalue weighted by Gasteiger charge is -2.42. The molecule has 0 saturated carbocycles. The van der Waals surface area contributed by atoms with Gasteiger partial charge in [0.25, 0.3) is 0 Å². The van der Waals surface area contributed by atoms with Crippen LogP contribution in [0.15, 0.2) is 42.0 Å². The number of benzene rings is 1. The van der Waals surface area contributed by atoms with Crippen LogP contribution in [0.1, 0.15) is 45.1 Å². The van der Waals surface area contributed by atoms with Gasteiger partial charge >= 0.3 is 5.97 Å². The standard InChI is InChI=1S/C21H28O4/c1-16-14-19(11-6-10-18-8-4-3-5-9-18)20(15-23-17(2)22)21(25-16)12-7-13-24-21/h3-5,8-9,14,16,20H,6-7,10-13,15H2,1-2H3/t16-,20+,21-/m0/s1. The molecule has 2 aliphatic rings. The first-order valence-corrected chi connectivity index (χ1v) is 9.29. The summed E-state index contributed by atoms with van der Waals surface area (Å²) in [5.41, 5.74) is 2.66. The maximum absolute atomic E-state index is 11.3. The van der Waals surface area contributed by atoms with Crippen molar-refractivity contribution < 1.29 is 19.0 Å². The summed E-state index contributed by atoms with van der Waals surface area (Å²) in [5.74, 6) is -0.882. The van der Waals surface area contributed by atoms with Crippen LogP contribution in [-0.2, 0) is 25.4 Å².